The summed E-state index contributed by atoms with van der Waals surface area (Å²) >= 11 is 1.50. The van der Waals surface area contributed by atoms with E-state index in [1.807, 2.05) is 35.7 Å². The van der Waals surface area contributed by atoms with Crippen molar-refractivity contribution >= 4 is 22.2 Å². The Hall–Kier alpha value is -2.38. The van der Waals surface area contributed by atoms with Crippen molar-refractivity contribution in [3.05, 3.63) is 57.6 Å². The summed E-state index contributed by atoms with van der Waals surface area (Å²) in [5.41, 5.74) is 1.33. The third kappa shape index (κ3) is 1.53. The highest BCUT2D eigenvalue weighted by atomic mass is 32.1. The first-order chi connectivity index (χ1) is 8.81. The van der Waals surface area contributed by atoms with E-state index in [-0.39, 0.29) is 11.0 Å². The molecule has 0 atom stereocenters. The smallest absolute Gasteiger partial charge is 0.207 e. The van der Waals surface area contributed by atoms with Gasteiger partial charge in [0.1, 0.15) is 11.6 Å². The Kier molecular flexibility index (Phi) is 2.47. The van der Waals surface area contributed by atoms with Crippen molar-refractivity contribution in [2.24, 2.45) is 0 Å². The van der Waals surface area contributed by atoms with Crippen LogP contribution in [-0.2, 0) is 0 Å². The number of benzene rings is 1. The number of thiophene rings is 1. The summed E-state index contributed by atoms with van der Waals surface area (Å²) in [4.78, 5) is 16.3. The van der Waals surface area contributed by atoms with E-state index in [0.717, 1.165) is 10.4 Å². The molecule has 0 saturated carbocycles. The molecule has 2 heterocycles. The van der Waals surface area contributed by atoms with Gasteiger partial charge in [0.2, 0.25) is 5.43 Å². The molecular weight excluding hydrogens is 244 g/mol. The number of hydrogen-bond donors (Lipinski definition) is 1. The summed E-state index contributed by atoms with van der Waals surface area (Å²) in [5.74, 6) is 0. The van der Waals surface area contributed by atoms with Crippen LogP contribution in [0.15, 0.2) is 46.6 Å². The number of aromatic amines is 1. The second-order valence-electron chi connectivity index (χ2n) is 3.84. The van der Waals surface area contributed by atoms with Gasteiger partial charge in [-0.2, -0.15) is 5.26 Å². The first-order valence-electron chi connectivity index (χ1n) is 5.40. The van der Waals surface area contributed by atoms with Gasteiger partial charge in [-0.3, -0.25) is 4.79 Å². The van der Waals surface area contributed by atoms with Crippen LogP contribution in [0.25, 0.3) is 21.5 Å². The van der Waals surface area contributed by atoms with Crippen molar-refractivity contribution in [1.29, 1.82) is 5.26 Å². The lowest BCUT2D eigenvalue weighted by molar-refractivity contribution is 1.35. The first-order valence-corrected chi connectivity index (χ1v) is 6.28. The van der Waals surface area contributed by atoms with E-state index in [1.54, 1.807) is 12.1 Å². The third-order valence-corrected chi connectivity index (χ3v) is 3.68. The maximum atomic E-state index is 12.2. The zero-order valence-electron chi connectivity index (χ0n) is 9.31. The van der Waals surface area contributed by atoms with Crippen molar-refractivity contribution in [2.45, 2.75) is 0 Å². The Morgan fingerprint density at radius 2 is 2.00 bits per heavy atom. The monoisotopic (exact) mass is 252 g/mol. The minimum atomic E-state index is -0.213. The molecule has 0 spiro atoms. The number of fused-ring (bicyclic) bond motifs is 1. The molecule has 3 nitrogen and oxygen atoms in total. The minimum Gasteiger partial charge on any atom is -0.353 e. The first kappa shape index (κ1) is 10.8. The Morgan fingerprint density at radius 1 is 1.17 bits per heavy atom. The number of nitrogens with zero attached hydrogens (tertiary/aromatic N) is 1. The molecule has 86 valence electrons. The van der Waals surface area contributed by atoms with Crippen LogP contribution in [0.3, 0.4) is 0 Å². The standard InChI is InChI=1S/C14H8N2OS/c15-8-10-13(12-6-3-7-18-12)16-11-5-2-1-4-9(11)14(10)17/h1-7H,(H,16,17). The normalized spacial score (nSPS) is 10.4. The second kappa shape index (κ2) is 4.13. The maximum absolute atomic E-state index is 12.2. The van der Waals surface area contributed by atoms with Gasteiger partial charge >= 0.3 is 0 Å². The van der Waals surface area contributed by atoms with Gasteiger partial charge in [0.25, 0.3) is 0 Å². The molecule has 1 N–H and O–H groups in total. The molecule has 3 aromatic rings. The highest BCUT2D eigenvalue weighted by Crippen LogP contribution is 2.26. The van der Waals surface area contributed by atoms with Crippen LogP contribution in [0.4, 0.5) is 0 Å². The SMILES string of the molecule is N#Cc1c(-c2cccs2)[nH]c2ccccc2c1=O. The predicted octanol–water partition coefficient (Wildman–Crippen LogP) is 3.13. The second-order valence-corrected chi connectivity index (χ2v) is 4.79. The van der Waals surface area contributed by atoms with Crippen molar-refractivity contribution in [3.63, 3.8) is 0 Å². The number of nitrogens with one attached hydrogen (secondary N) is 1. The van der Waals surface area contributed by atoms with Gasteiger partial charge in [-0.1, -0.05) is 18.2 Å². The molecule has 0 radical (unpaired) electrons. The van der Waals surface area contributed by atoms with Gasteiger partial charge in [-0.15, -0.1) is 11.3 Å². The van der Waals surface area contributed by atoms with Gasteiger partial charge in [0, 0.05) is 10.9 Å². The van der Waals surface area contributed by atoms with E-state index in [9.17, 15) is 10.1 Å². The van der Waals surface area contributed by atoms with Gasteiger partial charge in [-0.25, -0.2) is 0 Å². The average molecular weight is 252 g/mol. The summed E-state index contributed by atoms with van der Waals surface area (Å²) in [6.07, 6.45) is 0. The zero-order valence-corrected chi connectivity index (χ0v) is 10.1. The lowest BCUT2D eigenvalue weighted by Crippen LogP contribution is -2.09. The summed E-state index contributed by atoms with van der Waals surface area (Å²) in [5, 5.41) is 11.7. The van der Waals surface area contributed by atoms with Crippen LogP contribution in [0.1, 0.15) is 5.56 Å². The van der Waals surface area contributed by atoms with E-state index in [1.165, 1.54) is 11.3 Å². The number of aromatic nitrogens is 1. The fourth-order valence-electron chi connectivity index (χ4n) is 1.95. The Balaban J connectivity index is 2.47. The molecule has 0 unspecified atom stereocenters. The lowest BCUT2D eigenvalue weighted by atomic mass is 10.1. The molecule has 18 heavy (non-hydrogen) atoms. The molecule has 0 aliphatic heterocycles. The van der Waals surface area contributed by atoms with Crippen LogP contribution in [0.5, 0.6) is 0 Å². The van der Waals surface area contributed by atoms with E-state index in [0.29, 0.717) is 11.1 Å². The molecule has 4 heteroatoms. The van der Waals surface area contributed by atoms with E-state index >= 15 is 0 Å². The minimum absolute atomic E-state index is 0.177. The average Bonchev–Trinajstić information content (AvgIpc) is 2.92. The van der Waals surface area contributed by atoms with E-state index < -0.39 is 0 Å². The molecule has 3 rings (SSSR count). The fourth-order valence-corrected chi connectivity index (χ4v) is 2.68. The number of rotatable bonds is 1. The van der Waals surface area contributed by atoms with Gasteiger partial charge in [0.15, 0.2) is 0 Å². The number of H-pyrrole nitrogens is 1. The van der Waals surface area contributed by atoms with Gasteiger partial charge in [0.05, 0.1) is 10.6 Å². The Labute approximate surface area is 107 Å². The molecule has 1 aromatic carbocycles. The van der Waals surface area contributed by atoms with Crippen molar-refractivity contribution in [2.75, 3.05) is 0 Å². The van der Waals surface area contributed by atoms with Crippen LogP contribution >= 0.6 is 11.3 Å². The highest BCUT2D eigenvalue weighted by molar-refractivity contribution is 7.13. The number of nitriles is 1. The van der Waals surface area contributed by atoms with Crippen molar-refractivity contribution < 1.29 is 0 Å². The molecule has 0 aliphatic rings. The highest BCUT2D eigenvalue weighted by Gasteiger charge is 2.13. The van der Waals surface area contributed by atoms with Gasteiger partial charge in [-0.05, 0) is 23.6 Å². The molecular formula is C14H8N2OS. The molecule has 0 saturated heterocycles. The van der Waals surface area contributed by atoms with Gasteiger partial charge < -0.3 is 4.98 Å². The molecule has 2 aromatic heterocycles. The number of hydrogen-bond acceptors (Lipinski definition) is 3. The summed E-state index contributed by atoms with van der Waals surface area (Å²) in [6.45, 7) is 0. The topological polar surface area (TPSA) is 56.6 Å². The summed E-state index contributed by atoms with van der Waals surface area (Å²) in [6, 6.07) is 13.0. The molecule has 0 aliphatic carbocycles. The quantitative estimate of drug-likeness (QED) is 0.723. The van der Waals surface area contributed by atoms with E-state index in [2.05, 4.69) is 4.98 Å². The van der Waals surface area contributed by atoms with Crippen molar-refractivity contribution in [3.8, 4) is 16.6 Å². The predicted molar refractivity (Wildman–Crippen MR) is 72.6 cm³/mol. The maximum Gasteiger partial charge on any atom is 0.207 e. The molecule has 0 amide bonds. The number of para-hydroxylation sites is 1. The lowest BCUT2D eigenvalue weighted by Gasteiger charge is -2.04. The largest absolute Gasteiger partial charge is 0.353 e. The number of pyridine rings is 1. The Morgan fingerprint density at radius 3 is 2.72 bits per heavy atom. The van der Waals surface area contributed by atoms with Crippen LogP contribution in [0.2, 0.25) is 0 Å². The fraction of sp³-hybridized carbons (Fsp3) is 0. The van der Waals surface area contributed by atoms with Crippen LogP contribution < -0.4 is 5.43 Å². The summed E-state index contributed by atoms with van der Waals surface area (Å²) < 4.78 is 0. The summed E-state index contributed by atoms with van der Waals surface area (Å²) in [7, 11) is 0. The zero-order chi connectivity index (χ0) is 12.5. The van der Waals surface area contributed by atoms with Crippen molar-refractivity contribution in [1.82, 2.24) is 4.98 Å². The van der Waals surface area contributed by atoms with Crippen LogP contribution in [-0.4, -0.2) is 4.98 Å². The molecule has 0 fully saturated rings. The van der Waals surface area contributed by atoms with E-state index in [4.69, 9.17) is 0 Å². The molecule has 0 bridgehead atoms. The Bertz CT molecular complexity index is 810. The van der Waals surface area contributed by atoms with Crippen LogP contribution in [0, 0.1) is 11.3 Å². The third-order valence-electron chi connectivity index (χ3n) is 2.79.